The summed E-state index contributed by atoms with van der Waals surface area (Å²) in [4.78, 5) is 31.8. The van der Waals surface area contributed by atoms with Crippen LogP contribution in [0.25, 0.3) is 0 Å². The van der Waals surface area contributed by atoms with Gasteiger partial charge in [0.1, 0.15) is 0 Å². The smallest absolute Gasteiger partial charge is 0.422 e. The first kappa shape index (κ1) is 38.0. The number of carbonyl (C=O) groups is 2. The standard InChI is InChI=1S/2C18H18F3N3O2/c2*19-18(20,21)11-26-16-6-3-14(10-23-16)17(25)24-15-4-1-12(2-5-15)13-7-8-22-9-13/h2*1-6,10,13,22H,7-9,11H2,(H,24,25)/t2*13-/m10/s1. The van der Waals surface area contributed by atoms with Crippen molar-refractivity contribution >= 4 is 23.2 Å². The first-order valence-electron chi connectivity index (χ1n) is 16.4. The van der Waals surface area contributed by atoms with Gasteiger partial charge >= 0.3 is 12.4 Å². The van der Waals surface area contributed by atoms with Crippen LogP contribution >= 0.6 is 0 Å². The minimum Gasteiger partial charge on any atom is -0.468 e. The van der Waals surface area contributed by atoms with Crippen molar-refractivity contribution in [1.82, 2.24) is 20.6 Å². The zero-order valence-corrected chi connectivity index (χ0v) is 27.7. The zero-order chi connectivity index (χ0) is 37.1. The van der Waals surface area contributed by atoms with E-state index in [9.17, 15) is 35.9 Å². The van der Waals surface area contributed by atoms with Gasteiger partial charge < -0.3 is 30.7 Å². The highest BCUT2D eigenvalue weighted by atomic mass is 19.4. The molecule has 276 valence electrons. The largest absolute Gasteiger partial charge is 0.468 e. The van der Waals surface area contributed by atoms with Crippen molar-refractivity contribution in [3.05, 3.63) is 107 Å². The maximum atomic E-state index is 12.2. The first-order valence-corrected chi connectivity index (χ1v) is 16.4. The van der Waals surface area contributed by atoms with Gasteiger partial charge in [-0.05, 0) is 85.3 Å². The van der Waals surface area contributed by atoms with E-state index in [1.165, 1.54) is 47.8 Å². The zero-order valence-electron chi connectivity index (χ0n) is 27.7. The summed E-state index contributed by atoms with van der Waals surface area (Å²) in [6.45, 7) is 1.10. The molecule has 6 rings (SSSR count). The third-order valence-corrected chi connectivity index (χ3v) is 8.17. The average molecular weight is 731 g/mol. The van der Waals surface area contributed by atoms with E-state index in [-0.39, 0.29) is 22.9 Å². The lowest BCUT2D eigenvalue weighted by molar-refractivity contribution is -0.154. The fourth-order valence-corrected chi connectivity index (χ4v) is 5.47. The number of hydrogen-bond donors (Lipinski definition) is 4. The topological polar surface area (TPSA) is 126 Å². The molecule has 0 bridgehead atoms. The van der Waals surface area contributed by atoms with Crippen LogP contribution in [-0.4, -0.2) is 73.5 Å². The van der Waals surface area contributed by atoms with Gasteiger partial charge in [-0.3, -0.25) is 9.59 Å². The maximum absolute atomic E-state index is 12.2. The Morgan fingerprint density at radius 3 is 1.29 bits per heavy atom. The highest BCUT2D eigenvalue weighted by Gasteiger charge is 2.29. The van der Waals surface area contributed by atoms with Crippen LogP contribution in [0, 0.1) is 0 Å². The van der Waals surface area contributed by atoms with Crippen molar-refractivity contribution in [3.63, 3.8) is 0 Å². The molecule has 4 N–H and O–H groups in total. The van der Waals surface area contributed by atoms with Crippen LogP contribution in [0.4, 0.5) is 37.7 Å². The Morgan fingerprint density at radius 2 is 1.00 bits per heavy atom. The summed E-state index contributed by atoms with van der Waals surface area (Å²) in [5.41, 5.74) is 4.19. The van der Waals surface area contributed by atoms with E-state index in [1.807, 2.05) is 48.5 Å². The Bertz CT molecular complexity index is 1610. The molecule has 2 aromatic heterocycles. The van der Waals surface area contributed by atoms with Crippen LogP contribution in [0.1, 0.15) is 56.5 Å². The number of ether oxygens (including phenoxy) is 2. The molecular formula is C36H36F6N6O4. The molecular weight excluding hydrogens is 694 g/mol. The number of aromatic nitrogens is 2. The summed E-state index contributed by atoms with van der Waals surface area (Å²) < 4.78 is 81.6. The van der Waals surface area contributed by atoms with Gasteiger partial charge in [0.15, 0.2) is 13.2 Å². The van der Waals surface area contributed by atoms with Crippen LogP contribution in [0.3, 0.4) is 0 Å². The van der Waals surface area contributed by atoms with Crippen molar-refractivity contribution in [2.75, 3.05) is 50.0 Å². The molecule has 2 aliphatic rings. The van der Waals surface area contributed by atoms with E-state index >= 15 is 0 Å². The Hall–Kier alpha value is -5.22. The second kappa shape index (κ2) is 17.3. The van der Waals surface area contributed by atoms with Gasteiger partial charge in [0.2, 0.25) is 11.8 Å². The summed E-state index contributed by atoms with van der Waals surface area (Å²) in [6, 6.07) is 20.5. The van der Waals surface area contributed by atoms with Crippen molar-refractivity contribution in [2.24, 2.45) is 0 Å². The van der Waals surface area contributed by atoms with Crippen molar-refractivity contribution in [3.8, 4) is 11.8 Å². The van der Waals surface area contributed by atoms with Crippen molar-refractivity contribution < 1.29 is 45.4 Å². The number of amides is 2. The average Bonchev–Trinajstić information content (AvgIpc) is 3.87. The molecule has 2 atom stereocenters. The van der Waals surface area contributed by atoms with Crippen molar-refractivity contribution in [2.45, 2.75) is 37.0 Å². The van der Waals surface area contributed by atoms with E-state index < -0.39 is 37.4 Å². The minimum absolute atomic E-state index is 0.187. The minimum atomic E-state index is -4.43. The number of benzene rings is 2. The highest BCUT2D eigenvalue weighted by molar-refractivity contribution is 6.04. The maximum Gasteiger partial charge on any atom is 0.422 e. The fraction of sp³-hybridized carbons (Fsp3) is 0.333. The molecule has 4 heterocycles. The number of carbonyl (C=O) groups excluding carboxylic acids is 2. The SMILES string of the molecule is O=C(Nc1ccc([C@@H]2CCNC2)cc1)c1ccc(OCC(F)(F)F)nc1.O=C(Nc1ccc([C@H]2CCNC2)cc1)c1ccc(OCC(F)(F)F)nc1. The molecule has 2 aromatic carbocycles. The summed E-state index contributed by atoms with van der Waals surface area (Å²) in [5, 5.41) is 12.1. The number of rotatable bonds is 10. The summed E-state index contributed by atoms with van der Waals surface area (Å²) in [5.74, 6) is -0.173. The molecule has 0 radical (unpaired) electrons. The van der Waals surface area contributed by atoms with Gasteiger partial charge in [-0.15, -0.1) is 0 Å². The third kappa shape index (κ3) is 11.9. The Kier molecular flexibility index (Phi) is 12.7. The number of nitrogens with zero attached hydrogens (tertiary/aromatic N) is 2. The van der Waals surface area contributed by atoms with Gasteiger partial charge in [0.05, 0.1) is 11.1 Å². The number of nitrogens with one attached hydrogen (secondary N) is 4. The van der Waals surface area contributed by atoms with E-state index in [1.54, 1.807) is 0 Å². The summed E-state index contributed by atoms with van der Waals surface area (Å²) >= 11 is 0. The van der Waals surface area contributed by atoms with E-state index in [4.69, 9.17) is 0 Å². The van der Waals surface area contributed by atoms with Gasteiger partial charge in [-0.1, -0.05) is 24.3 Å². The lowest BCUT2D eigenvalue weighted by Gasteiger charge is -2.11. The first-order chi connectivity index (χ1) is 24.8. The second-order valence-electron chi connectivity index (χ2n) is 12.1. The molecule has 16 heteroatoms. The van der Waals surface area contributed by atoms with Gasteiger partial charge in [-0.2, -0.15) is 26.3 Å². The Morgan fingerprint density at radius 1 is 0.615 bits per heavy atom. The Labute approximate surface area is 295 Å². The second-order valence-corrected chi connectivity index (χ2v) is 12.1. The molecule has 4 aromatic rings. The van der Waals surface area contributed by atoms with Crippen LogP contribution in [0.5, 0.6) is 11.8 Å². The third-order valence-electron chi connectivity index (χ3n) is 8.17. The summed E-state index contributed by atoms with van der Waals surface area (Å²) in [6.07, 6.45) is -4.31. The molecule has 10 nitrogen and oxygen atoms in total. The van der Waals surface area contributed by atoms with Gasteiger partial charge in [-0.25, -0.2) is 9.97 Å². The molecule has 2 aliphatic heterocycles. The van der Waals surface area contributed by atoms with Gasteiger partial charge in [0.25, 0.3) is 11.8 Å². The molecule has 0 spiro atoms. The molecule has 52 heavy (non-hydrogen) atoms. The lowest BCUT2D eigenvalue weighted by Crippen LogP contribution is -2.19. The molecule has 0 aliphatic carbocycles. The van der Waals surface area contributed by atoms with Crippen LogP contribution < -0.4 is 30.7 Å². The lowest BCUT2D eigenvalue weighted by atomic mass is 9.98. The quantitative estimate of drug-likeness (QED) is 0.133. The Balaban J connectivity index is 0.000000201. The molecule has 0 unspecified atom stereocenters. The van der Waals surface area contributed by atoms with Crippen LogP contribution in [-0.2, 0) is 0 Å². The van der Waals surface area contributed by atoms with Gasteiger partial charge in [0, 0.05) is 49.0 Å². The predicted molar refractivity (Wildman–Crippen MR) is 181 cm³/mol. The monoisotopic (exact) mass is 730 g/mol. The highest BCUT2D eigenvalue weighted by Crippen LogP contribution is 2.25. The molecule has 2 fully saturated rings. The number of pyridine rings is 2. The predicted octanol–water partition coefficient (Wildman–Crippen LogP) is 6.70. The fourth-order valence-electron chi connectivity index (χ4n) is 5.47. The molecule has 2 saturated heterocycles. The summed E-state index contributed by atoms with van der Waals surface area (Å²) in [7, 11) is 0. The van der Waals surface area contributed by atoms with Crippen LogP contribution in [0.2, 0.25) is 0 Å². The van der Waals surface area contributed by atoms with E-state index in [0.29, 0.717) is 23.2 Å². The molecule has 0 saturated carbocycles. The van der Waals surface area contributed by atoms with Crippen molar-refractivity contribution in [1.29, 1.82) is 0 Å². The number of alkyl halides is 6. The van der Waals surface area contributed by atoms with E-state index in [0.717, 1.165) is 39.0 Å². The van der Waals surface area contributed by atoms with Crippen LogP contribution in [0.15, 0.2) is 85.2 Å². The molecule has 2 amide bonds. The number of anilines is 2. The number of hydrogen-bond acceptors (Lipinski definition) is 8. The van der Waals surface area contributed by atoms with E-state index in [2.05, 4.69) is 40.7 Å². The number of halogens is 6. The normalized spacial score (nSPS) is 17.1.